The molecular weight excluding hydrogens is 524 g/mol. The van der Waals surface area contributed by atoms with Crippen LogP contribution in [0.2, 0.25) is 0 Å². The minimum Gasteiger partial charge on any atom is -0.444 e. The summed E-state index contributed by atoms with van der Waals surface area (Å²) in [4.78, 5) is 46.8. The van der Waals surface area contributed by atoms with Gasteiger partial charge in [-0.15, -0.1) is 0 Å². The smallest absolute Gasteiger partial charge is 0.404 e. The third-order valence-corrected chi connectivity index (χ3v) is 7.54. The van der Waals surface area contributed by atoms with Gasteiger partial charge in [0.05, 0.1) is 30.1 Å². The molecule has 0 radical (unpaired) electrons. The molecule has 2 amide bonds. The molecule has 0 unspecified atom stereocenters. The molecule has 6 heterocycles. The number of hydrogen-bond acceptors (Lipinski definition) is 12. The number of amides is 2. The Morgan fingerprint density at radius 3 is 2.79 bits per heavy atom. The maximum atomic E-state index is 13.3. The molecule has 2 saturated heterocycles. The summed E-state index contributed by atoms with van der Waals surface area (Å²) < 4.78 is 17.1. The van der Waals surface area contributed by atoms with E-state index in [2.05, 4.69) is 20.2 Å². The molecule has 3 N–H and O–H groups in total. The van der Waals surface area contributed by atoms with Crippen LogP contribution in [-0.4, -0.2) is 77.4 Å². The van der Waals surface area contributed by atoms with Crippen LogP contribution in [0.3, 0.4) is 0 Å². The SMILES string of the molecule is Cc1cc(-c2nc(C(=O)Nc3cc4sc(N5CCOCC5)nc4nc3N3CC[C@H](OC(N)=O)C3)co2)ccn1. The lowest BCUT2D eigenvalue weighted by atomic mass is 10.2. The van der Waals surface area contributed by atoms with Gasteiger partial charge in [0.1, 0.15) is 12.4 Å². The first-order valence-electron chi connectivity index (χ1n) is 12.5. The number of oxazole rings is 1. The highest BCUT2D eigenvalue weighted by molar-refractivity contribution is 7.22. The lowest BCUT2D eigenvalue weighted by Gasteiger charge is -2.25. The molecule has 6 rings (SSSR count). The fourth-order valence-corrected chi connectivity index (χ4v) is 5.62. The summed E-state index contributed by atoms with van der Waals surface area (Å²) >= 11 is 1.50. The van der Waals surface area contributed by atoms with Crippen molar-refractivity contribution in [2.45, 2.75) is 19.4 Å². The van der Waals surface area contributed by atoms with Crippen LogP contribution in [0.4, 0.5) is 21.4 Å². The van der Waals surface area contributed by atoms with Crippen molar-refractivity contribution < 1.29 is 23.5 Å². The van der Waals surface area contributed by atoms with Gasteiger partial charge in [-0.05, 0) is 25.1 Å². The molecule has 2 aliphatic heterocycles. The highest BCUT2D eigenvalue weighted by Gasteiger charge is 2.29. The number of nitrogens with zero attached hydrogens (tertiary/aromatic N) is 6. The number of aromatic nitrogens is 4. The van der Waals surface area contributed by atoms with Crippen LogP contribution in [0, 0.1) is 6.92 Å². The minimum absolute atomic E-state index is 0.125. The van der Waals surface area contributed by atoms with E-state index in [4.69, 9.17) is 29.6 Å². The molecule has 1 atom stereocenters. The van der Waals surface area contributed by atoms with E-state index in [1.54, 1.807) is 12.3 Å². The van der Waals surface area contributed by atoms with Gasteiger partial charge in [0.15, 0.2) is 22.3 Å². The third-order valence-electron chi connectivity index (χ3n) is 6.49. The van der Waals surface area contributed by atoms with Crippen LogP contribution in [0.5, 0.6) is 0 Å². The number of carbonyl (C=O) groups is 2. The Labute approximate surface area is 227 Å². The molecule has 4 aromatic rings. The van der Waals surface area contributed by atoms with Crippen LogP contribution in [0.25, 0.3) is 21.8 Å². The Morgan fingerprint density at radius 1 is 1.15 bits per heavy atom. The zero-order valence-corrected chi connectivity index (χ0v) is 21.9. The van der Waals surface area contributed by atoms with Gasteiger partial charge in [-0.25, -0.2) is 14.8 Å². The fourth-order valence-electron chi connectivity index (χ4n) is 4.62. The Kier molecular flexibility index (Phi) is 6.70. The lowest BCUT2D eigenvalue weighted by Crippen LogP contribution is -2.36. The van der Waals surface area contributed by atoms with E-state index >= 15 is 0 Å². The molecule has 39 heavy (non-hydrogen) atoms. The van der Waals surface area contributed by atoms with E-state index < -0.39 is 12.0 Å². The van der Waals surface area contributed by atoms with Crippen molar-refractivity contribution in [2.24, 2.45) is 5.73 Å². The van der Waals surface area contributed by atoms with Gasteiger partial charge in [-0.1, -0.05) is 11.3 Å². The Bertz CT molecular complexity index is 1530. The minimum atomic E-state index is -0.820. The van der Waals surface area contributed by atoms with E-state index in [0.29, 0.717) is 55.8 Å². The van der Waals surface area contributed by atoms with E-state index in [1.807, 2.05) is 24.0 Å². The number of nitrogens with one attached hydrogen (secondary N) is 1. The number of hydrogen-bond donors (Lipinski definition) is 2. The summed E-state index contributed by atoms with van der Waals surface area (Å²) in [6.07, 6.45) is 2.38. The van der Waals surface area contributed by atoms with E-state index in [9.17, 15) is 9.59 Å². The van der Waals surface area contributed by atoms with Crippen molar-refractivity contribution >= 4 is 50.3 Å². The Balaban J connectivity index is 1.31. The number of pyridine rings is 2. The van der Waals surface area contributed by atoms with Gasteiger partial charge in [-0.2, -0.15) is 4.98 Å². The first-order valence-corrected chi connectivity index (χ1v) is 13.3. The number of rotatable bonds is 6. The van der Waals surface area contributed by atoms with Gasteiger partial charge in [0.25, 0.3) is 5.91 Å². The number of nitrogens with two attached hydrogens (primary N) is 1. The number of carbonyl (C=O) groups excluding carboxylic acids is 2. The Hall–Kier alpha value is -4.30. The molecule has 4 aromatic heterocycles. The van der Waals surface area contributed by atoms with E-state index in [-0.39, 0.29) is 11.8 Å². The lowest BCUT2D eigenvalue weighted by molar-refractivity contribution is 0.102. The van der Waals surface area contributed by atoms with Crippen LogP contribution in [-0.2, 0) is 9.47 Å². The number of thiazole rings is 1. The molecule has 0 bridgehead atoms. The summed E-state index contributed by atoms with van der Waals surface area (Å²) in [5.74, 6) is 0.405. The molecule has 0 spiro atoms. The fraction of sp³-hybridized carbons (Fsp3) is 0.360. The van der Waals surface area contributed by atoms with Crippen molar-refractivity contribution in [3.63, 3.8) is 0 Å². The second kappa shape index (κ2) is 10.5. The number of fused-ring (bicyclic) bond motifs is 1. The normalized spacial score (nSPS) is 17.5. The van der Waals surface area contributed by atoms with Crippen LogP contribution < -0.4 is 20.9 Å². The van der Waals surface area contributed by atoms with Crippen molar-refractivity contribution in [3.05, 3.63) is 42.0 Å². The second-order valence-corrected chi connectivity index (χ2v) is 10.3. The molecule has 0 saturated carbocycles. The standard InChI is InChI=1S/C25H26N8O5S/c1-14-10-15(2-4-27-14)23-29-18(13-37-23)22(34)28-17-11-19-20(31-25(39-19)32-6-8-36-9-7-32)30-21(17)33-5-3-16(12-33)38-24(26)35/h2,4,10-11,13,16H,3,5-9,12H2,1H3,(H2,26,35)(H,28,34)/t16-/m0/s1. The number of ether oxygens (including phenoxy) is 2. The predicted octanol–water partition coefficient (Wildman–Crippen LogP) is 2.81. The largest absolute Gasteiger partial charge is 0.444 e. The molecule has 13 nitrogen and oxygen atoms in total. The number of anilines is 3. The number of aryl methyl sites for hydroxylation is 1. The Morgan fingerprint density at radius 2 is 2.00 bits per heavy atom. The number of primary amides is 1. The van der Waals surface area contributed by atoms with Gasteiger partial charge in [0.2, 0.25) is 5.89 Å². The maximum Gasteiger partial charge on any atom is 0.404 e. The quantitative estimate of drug-likeness (QED) is 0.363. The van der Waals surface area contributed by atoms with Gasteiger partial charge < -0.3 is 34.7 Å². The summed E-state index contributed by atoms with van der Waals surface area (Å²) in [5.41, 5.74) is 7.95. The molecule has 2 aliphatic rings. The second-order valence-electron chi connectivity index (χ2n) is 9.25. The molecule has 202 valence electrons. The highest BCUT2D eigenvalue weighted by atomic mass is 32.1. The van der Waals surface area contributed by atoms with Crippen LogP contribution in [0.1, 0.15) is 22.6 Å². The van der Waals surface area contributed by atoms with Gasteiger partial charge >= 0.3 is 6.09 Å². The monoisotopic (exact) mass is 550 g/mol. The van der Waals surface area contributed by atoms with Gasteiger partial charge in [-0.3, -0.25) is 9.78 Å². The van der Waals surface area contributed by atoms with Crippen LogP contribution >= 0.6 is 11.3 Å². The maximum absolute atomic E-state index is 13.3. The molecule has 0 aromatic carbocycles. The average molecular weight is 551 g/mol. The summed E-state index contributed by atoms with van der Waals surface area (Å²) in [6.45, 7) is 5.61. The third kappa shape index (κ3) is 5.33. The van der Waals surface area contributed by atoms with Gasteiger partial charge in [0, 0.05) is 43.5 Å². The zero-order chi connectivity index (χ0) is 26.9. The molecule has 14 heteroatoms. The van der Waals surface area contributed by atoms with Crippen molar-refractivity contribution in [1.29, 1.82) is 0 Å². The highest BCUT2D eigenvalue weighted by Crippen LogP contribution is 2.36. The molecular formula is C25H26N8O5S. The summed E-state index contributed by atoms with van der Waals surface area (Å²) in [5, 5.41) is 3.80. The zero-order valence-electron chi connectivity index (χ0n) is 21.1. The summed E-state index contributed by atoms with van der Waals surface area (Å²) in [6, 6.07) is 5.47. The average Bonchev–Trinajstić information content (AvgIpc) is 3.68. The van der Waals surface area contributed by atoms with Crippen molar-refractivity contribution in [2.75, 3.05) is 54.5 Å². The number of morpholine rings is 1. The topological polar surface area (TPSA) is 162 Å². The molecule has 0 aliphatic carbocycles. The summed E-state index contributed by atoms with van der Waals surface area (Å²) in [7, 11) is 0. The molecule has 2 fully saturated rings. The predicted molar refractivity (Wildman–Crippen MR) is 144 cm³/mol. The first kappa shape index (κ1) is 25.0. The van der Waals surface area contributed by atoms with E-state index in [1.165, 1.54) is 17.6 Å². The first-order chi connectivity index (χ1) is 18.9. The van der Waals surface area contributed by atoms with Crippen molar-refractivity contribution in [3.8, 4) is 11.5 Å². The van der Waals surface area contributed by atoms with Crippen molar-refractivity contribution in [1.82, 2.24) is 19.9 Å². The van der Waals surface area contributed by atoms with E-state index in [0.717, 1.165) is 34.2 Å². The van der Waals surface area contributed by atoms with Crippen LogP contribution in [0.15, 0.2) is 35.1 Å².